The van der Waals surface area contributed by atoms with Gasteiger partial charge in [-0.3, -0.25) is 0 Å². The molecule has 1 heterocycles. The molecule has 0 unspecified atom stereocenters. The number of aromatic nitrogens is 2. The molecular formula is C12H21N3S. The maximum Gasteiger partial charge on any atom is 0.131 e. The van der Waals surface area contributed by atoms with Crippen LogP contribution in [-0.2, 0) is 5.41 Å². The average Bonchev–Trinajstić information content (AvgIpc) is 2.12. The molecule has 16 heavy (non-hydrogen) atoms. The highest BCUT2D eigenvalue weighted by atomic mass is 32.1. The normalized spacial score (nSPS) is 11.9. The third kappa shape index (κ3) is 3.93. The molecule has 4 heteroatoms. The lowest BCUT2D eigenvalue weighted by molar-refractivity contribution is 0.544. The summed E-state index contributed by atoms with van der Waals surface area (Å²) in [6.45, 7) is 11.6. The van der Waals surface area contributed by atoms with Gasteiger partial charge in [-0.25, -0.2) is 4.98 Å². The van der Waals surface area contributed by atoms with Crippen LogP contribution in [0.1, 0.15) is 40.4 Å². The molecule has 1 aromatic rings. The molecule has 0 bridgehead atoms. The molecule has 1 aromatic heterocycles. The molecule has 0 spiro atoms. The zero-order valence-corrected chi connectivity index (χ0v) is 11.5. The minimum absolute atomic E-state index is 0.0108. The van der Waals surface area contributed by atoms with Gasteiger partial charge in [0, 0.05) is 18.0 Å². The molecule has 0 saturated heterocycles. The highest BCUT2D eigenvalue weighted by molar-refractivity contribution is 7.71. The molecule has 0 fully saturated rings. The maximum absolute atomic E-state index is 5.16. The van der Waals surface area contributed by atoms with E-state index in [-0.39, 0.29) is 5.41 Å². The van der Waals surface area contributed by atoms with Gasteiger partial charge in [-0.2, -0.15) is 0 Å². The first-order valence-corrected chi connectivity index (χ1v) is 6.05. The summed E-state index contributed by atoms with van der Waals surface area (Å²) >= 11 is 5.16. The van der Waals surface area contributed by atoms with E-state index in [0.29, 0.717) is 10.6 Å². The molecule has 0 aliphatic carbocycles. The van der Waals surface area contributed by atoms with E-state index in [2.05, 4.69) is 49.9 Å². The Balaban J connectivity index is 2.95. The molecule has 0 aliphatic heterocycles. The lowest BCUT2D eigenvalue weighted by atomic mass is 9.96. The van der Waals surface area contributed by atoms with Gasteiger partial charge in [0.15, 0.2) is 0 Å². The zero-order valence-electron chi connectivity index (χ0n) is 10.7. The summed E-state index contributed by atoms with van der Waals surface area (Å²) < 4.78 is 0.634. The van der Waals surface area contributed by atoms with Gasteiger partial charge in [-0.05, 0) is 5.92 Å². The molecule has 0 radical (unpaired) electrons. The van der Waals surface area contributed by atoms with Gasteiger partial charge in [0.1, 0.15) is 16.3 Å². The quantitative estimate of drug-likeness (QED) is 0.793. The van der Waals surface area contributed by atoms with Crippen molar-refractivity contribution in [2.24, 2.45) is 5.92 Å². The summed E-state index contributed by atoms with van der Waals surface area (Å²) in [6.07, 6.45) is 0. The lowest BCUT2D eigenvalue weighted by Crippen LogP contribution is -2.18. The van der Waals surface area contributed by atoms with Crippen LogP contribution >= 0.6 is 12.2 Å². The second-order valence-corrected chi connectivity index (χ2v) is 5.92. The summed E-state index contributed by atoms with van der Waals surface area (Å²) in [5.41, 5.74) is -0.0108. The summed E-state index contributed by atoms with van der Waals surface area (Å²) in [5.74, 6) is 2.48. The molecule has 2 N–H and O–H groups in total. The van der Waals surface area contributed by atoms with Crippen molar-refractivity contribution < 1.29 is 0 Å². The SMILES string of the molecule is CC(C)CNc1cc(=S)nc(C(C)(C)C)[nH]1. The van der Waals surface area contributed by atoms with Gasteiger partial charge in [0.2, 0.25) is 0 Å². The van der Waals surface area contributed by atoms with E-state index in [1.165, 1.54) is 0 Å². The zero-order chi connectivity index (χ0) is 12.3. The third-order valence-electron chi connectivity index (χ3n) is 2.15. The Labute approximate surface area is 103 Å². The molecule has 0 atom stereocenters. The second kappa shape index (κ2) is 4.95. The molecule has 0 saturated carbocycles. The van der Waals surface area contributed by atoms with Gasteiger partial charge in [0.05, 0.1) is 0 Å². The van der Waals surface area contributed by atoms with Crippen LogP contribution in [0.2, 0.25) is 0 Å². The number of anilines is 1. The van der Waals surface area contributed by atoms with Crippen LogP contribution in [0.5, 0.6) is 0 Å². The van der Waals surface area contributed by atoms with E-state index >= 15 is 0 Å². The van der Waals surface area contributed by atoms with Gasteiger partial charge in [-0.1, -0.05) is 46.8 Å². The van der Waals surface area contributed by atoms with Crippen LogP contribution in [0, 0.1) is 10.6 Å². The summed E-state index contributed by atoms with van der Waals surface area (Å²) in [7, 11) is 0. The Bertz CT molecular complexity index is 401. The van der Waals surface area contributed by atoms with Crippen LogP contribution in [0.15, 0.2) is 6.07 Å². The van der Waals surface area contributed by atoms with E-state index in [1.54, 1.807) is 0 Å². The summed E-state index contributed by atoms with van der Waals surface area (Å²) in [4.78, 5) is 7.64. The van der Waals surface area contributed by atoms with Crippen LogP contribution in [0.4, 0.5) is 5.82 Å². The number of hydrogen-bond acceptors (Lipinski definition) is 3. The van der Waals surface area contributed by atoms with E-state index in [0.717, 1.165) is 18.2 Å². The molecular weight excluding hydrogens is 218 g/mol. The first-order chi connectivity index (χ1) is 7.29. The van der Waals surface area contributed by atoms with Crippen molar-refractivity contribution in [1.82, 2.24) is 9.97 Å². The van der Waals surface area contributed by atoms with Crippen molar-refractivity contribution in [1.29, 1.82) is 0 Å². The van der Waals surface area contributed by atoms with Crippen molar-refractivity contribution in [3.63, 3.8) is 0 Å². The minimum Gasteiger partial charge on any atom is -0.371 e. The number of aromatic amines is 1. The molecule has 0 aliphatic rings. The lowest BCUT2D eigenvalue weighted by Gasteiger charge is -2.19. The van der Waals surface area contributed by atoms with Crippen molar-refractivity contribution in [3.8, 4) is 0 Å². The Kier molecular flexibility index (Phi) is 4.08. The van der Waals surface area contributed by atoms with Crippen LogP contribution < -0.4 is 5.32 Å². The Morgan fingerprint density at radius 2 is 2.06 bits per heavy atom. The van der Waals surface area contributed by atoms with Crippen LogP contribution in [-0.4, -0.2) is 16.5 Å². The van der Waals surface area contributed by atoms with E-state index < -0.39 is 0 Å². The van der Waals surface area contributed by atoms with Crippen molar-refractivity contribution in [3.05, 3.63) is 16.5 Å². The van der Waals surface area contributed by atoms with Crippen molar-refractivity contribution >= 4 is 18.0 Å². The van der Waals surface area contributed by atoms with Crippen LogP contribution in [0.3, 0.4) is 0 Å². The Morgan fingerprint density at radius 1 is 1.44 bits per heavy atom. The van der Waals surface area contributed by atoms with Gasteiger partial charge < -0.3 is 10.3 Å². The van der Waals surface area contributed by atoms with E-state index in [1.807, 2.05) is 6.07 Å². The van der Waals surface area contributed by atoms with Crippen molar-refractivity contribution in [2.75, 3.05) is 11.9 Å². The minimum atomic E-state index is -0.0108. The number of nitrogens with one attached hydrogen (secondary N) is 2. The second-order valence-electron chi connectivity index (χ2n) is 5.51. The molecule has 0 aromatic carbocycles. The molecule has 3 nitrogen and oxygen atoms in total. The first kappa shape index (κ1) is 13.2. The Hall–Kier alpha value is -0.900. The third-order valence-corrected chi connectivity index (χ3v) is 2.36. The van der Waals surface area contributed by atoms with E-state index in [4.69, 9.17) is 12.2 Å². The van der Waals surface area contributed by atoms with Gasteiger partial charge in [-0.15, -0.1) is 0 Å². The number of rotatable bonds is 3. The number of H-pyrrole nitrogens is 1. The summed E-state index contributed by atoms with van der Waals surface area (Å²) in [5, 5.41) is 3.34. The number of nitrogens with zero attached hydrogens (tertiary/aromatic N) is 1. The predicted octanol–water partition coefficient (Wildman–Crippen LogP) is 3.50. The van der Waals surface area contributed by atoms with Crippen molar-refractivity contribution in [2.45, 2.75) is 40.0 Å². The fraction of sp³-hybridized carbons (Fsp3) is 0.667. The van der Waals surface area contributed by atoms with Gasteiger partial charge in [0.25, 0.3) is 0 Å². The fourth-order valence-corrected chi connectivity index (χ4v) is 1.43. The van der Waals surface area contributed by atoms with Crippen LogP contribution in [0.25, 0.3) is 0 Å². The Morgan fingerprint density at radius 3 is 2.56 bits per heavy atom. The highest BCUT2D eigenvalue weighted by Gasteiger charge is 2.16. The maximum atomic E-state index is 5.16. The summed E-state index contributed by atoms with van der Waals surface area (Å²) in [6, 6.07) is 1.87. The molecule has 0 amide bonds. The average molecular weight is 239 g/mol. The molecule has 1 rings (SSSR count). The smallest absolute Gasteiger partial charge is 0.131 e. The fourth-order valence-electron chi connectivity index (χ4n) is 1.22. The largest absolute Gasteiger partial charge is 0.371 e. The standard InChI is InChI=1S/C12H21N3S/c1-8(2)7-13-9-6-10(16)15-11(14-9)12(3,4)5/h6,8H,7H2,1-5H3,(H2,13,14,15,16). The first-order valence-electron chi connectivity index (χ1n) is 5.65. The topological polar surface area (TPSA) is 40.7 Å². The molecule has 90 valence electrons. The number of hydrogen-bond donors (Lipinski definition) is 2. The van der Waals surface area contributed by atoms with E-state index in [9.17, 15) is 0 Å². The predicted molar refractivity (Wildman–Crippen MR) is 71.4 cm³/mol. The highest BCUT2D eigenvalue weighted by Crippen LogP contribution is 2.19. The van der Waals surface area contributed by atoms with Gasteiger partial charge >= 0.3 is 0 Å². The monoisotopic (exact) mass is 239 g/mol.